The molecule has 0 amide bonds. The average molecular weight is 344 g/mol. The van der Waals surface area contributed by atoms with E-state index < -0.39 is 17.9 Å². The standard InChI is InChI=1S/C17H16N2O4S/c1-23-17(22)11-4-2-10(3-5-11)8-13(16(20)21)12-6-7-15(19-24)14(18)9-12/h2-7,9,13,18,24H,8H2,1H3,(H,20,21)/b18-14?,19-15-. The molecule has 2 N–H and O–H groups in total. The Morgan fingerprint density at radius 3 is 2.46 bits per heavy atom. The summed E-state index contributed by atoms with van der Waals surface area (Å²) in [7, 11) is 1.30. The Hall–Kier alpha value is -2.67. The third kappa shape index (κ3) is 3.99. The molecule has 1 aromatic carbocycles. The van der Waals surface area contributed by atoms with Crippen molar-refractivity contribution in [1.29, 1.82) is 5.41 Å². The third-order valence-electron chi connectivity index (χ3n) is 3.64. The molecule has 6 nitrogen and oxygen atoms in total. The van der Waals surface area contributed by atoms with Gasteiger partial charge in [0.1, 0.15) is 0 Å². The Kier molecular flexibility index (Phi) is 5.70. The van der Waals surface area contributed by atoms with Crippen LogP contribution in [0.1, 0.15) is 15.9 Å². The number of hydrogen-bond donors (Lipinski definition) is 3. The van der Waals surface area contributed by atoms with Gasteiger partial charge in [0, 0.05) is 0 Å². The zero-order valence-corrected chi connectivity index (χ0v) is 13.8. The Bertz CT molecular complexity index is 763. The van der Waals surface area contributed by atoms with Crippen LogP contribution in [0.2, 0.25) is 0 Å². The molecule has 0 aliphatic heterocycles. The fourth-order valence-corrected chi connectivity index (χ4v) is 2.51. The highest BCUT2D eigenvalue weighted by Crippen LogP contribution is 2.22. The van der Waals surface area contributed by atoms with Crippen LogP contribution in [-0.2, 0) is 16.0 Å². The summed E-state index contributed by atoms with van der Waals surface area (Å²) in [6.45, 7) is 0. The summed E-state index contributed by atoms with van der Waals surface area (Å²) in [6, 6.07) is 6.58. The van der Waals surface area contributed by atoms with Gasteiger partial charge < -0.3 is 9.84 Å². The first-order valence-electron chi connectivity index (χ1n) is 7.07. The number of ether oxygens (including phenoxy) is 1. The molecule has 1 aromatic rings. The second-order valence-corrected chi connectivity index (χ2v) is 5.36. The molecule has 0 fully saturated rings. The van der Waals surface area contributed by atoms with Crippen LogP contribution in [0.15, 0.2) is 52.5 Å². The maximum Gasteiger partial charge on any atom is 0.337 e. The number of nitrogens with zero attached hydrogens (tertiary/aromatic N) is 1. The van der Waals surface area contributed by atoms with Gasteiger partial charge in [-0.05, 0) is 54.7 Å². The van der Waals surface area contributed by atoms with Crippen molar-refractivity contribution < 1.29 is 19.4 Å². The summed E-state index contributed by atoms with van der Waals surface area (Å²) in [5, 5.41) is 17.3. The van der Waals surface area contributed by atoms with Gasteiger partial charge in [-0.2, -0.15) is 0 Å². The minimum Gasteiger partial charge on any atom is -0.481 e. The molecule has 1 unspecified atom stereocenters. The molecule has 24 heavy (non-hydrogen) atoms. The number of carboxylic acids is 1. The van der Waals surface area contributed by atoms with E-state index in [1.807, 2.05) is 0 Å². The summed E-state index contributed by atoms with van der Waals surface area (Å²) in [4.78, 5) is 23.0. The Morgan fingerprint density at radius 1 is 1.29 bits per heavy atom. The predicted octanol–water partition coefficient (Wildman–Crippen LogP) is 2.52. The lowest BCUT2D eigenvalue weighted by atomic mass is 9.87. The zero-order valence-electron chi connectivity index (χ0n) is 12.9. The first-order valence-corrected chi connectivity index (χ1v) is 7.47. The van der Waals surface area contributed by atoms with Crippen LogP contribution in [0.3, 0.4) is 0 Å². The van der Waals surface area contributed by atoms with E-state index in [-0.39, 0.29) is 12.1 Å². The van der Waals surface area contributed by atoms with Gasteiger partial charge in [-0.1, -0.05) is 18.2 Å². The maximum atomic E-state index is 11.6. The average Bonchev–Trinajstić information content (AvgIpc) is 2.59. The lowest BCUT2D eigenvalue weighted by molar-refractivity contribution is -0.140. The smallest absolute Gasteiger partial charge is 0.337 e. The summed E-state index contributed by atoms with van der Waals surface area (Å²) >= 11 is 3.77. The van der Waals surface area contributed by atoms with Gasteiger partial charge in [0.15, 0.2) is 0 Å². The molecule has 1 atom stereocenters. The van der Waals surface area contributed by atoms with E-state index in [4.69, 9.17) is 5.41 Å². The highest BCUT2D eigenvalue weighted by Gasteiger charge is 2.24. The molecule has 0 radical (unpaired) electrons. The van der Waals surface area contributed by atoms with E-state index in [0.717, 1.165) is 5.56 Å². The third-order valence-corrected chi connectivity index (χ3v) is 3.86. The van der Waals surface area contributed by atoms with E-state index in [0.29, 0.717) is 16.8 Å². The van der Waals surface area contributed by atoms with Gasteiger partial charge >= 0.3 is 11.9 Å². The summed E-state index contributed by atoms with van der Waals surface area (Å²) in [5.74, 6) is -2.23. The number of methoxy groups -OCH3 is 1. The number of thiol groups is 1. The summed E-state index contributed by atoms with van der Waals surface area (Å²) in [6.07, 6.45) is 4.93. The van der Waals surface area contributed by atoms with Gasteiger partial charge in [-0.25, -0.2) is 9.19 Å². The zero-order chi connectivity index (χ0) is 17.7. The summed E-state index contributed by atoms with van der Waals surface area (Å²) in [5.41, 5.74) is 2.19. The van der Waals surface area contributed by atoms with Crippen LogP contribution in [-0.4, -0.2) is 35.6 Å². The van der Waals surface area contributed by atoms with Gasteiger partial charge in [-0.15, -0.1) is 0 Å². The molecule has 0 spiro atoms. The number of benzene rings is 1. The van der Waals surface area contributed by atoms with E-state index in [1.54, 1.807) is 36.4 Å². The topological polar surface area (TPSA) is 99.8 Å². The van der Waals surface area contributed by atoms with E-state index >= 15 is 0 Å². The molecule has 0 bridgehead atoms. The SMILES string of the molecule is COC(=O)c1ccc(CC(C(=O)O)C2=CC(=N)/C(=N\S)C=C2)cc1. The van der Waals surface area contributed by atoms with Crippen molar-refractivity contribution in [3.63, 3.8) is 0 Å². The lowest BCUT2D eigenvalue weighted by Gasteiger charge is -2.17. The van der Waals surface area contributed by atoms with Crippen LogP contribution in [0.4, 0.5) is 0 Å². The Labute approximate surface area is 144 Å². The second-order valence-electron chi connectivity index (χ2n) is 5.16. The monoisotopic (exact) mass is 344 g/mol. The number of esters is 1. The predicted molar refractivity (Wildman–Crippen MR) is 94.0 cm³/mol. The Morgan fingerprint density at radius 2 is 1.96 bits per heavy atom. The number of allylic oxidation sites excluding steroid dienone is 3. The normalized spacial score (nSPS) is 16.7. The van der Waals surface area contributed by atoms with Crippen molar-refractivity contribution >= 4 is 36.2 Å². The number of rotatable bonds is 5. The van der Waals surface area contributed by atoms with Crippen molar-refractivity contribution in [3.05, 3.63) is 59.2 Å². The molecular formula is C17H16N2O4S. The van der Waals surface area contributed by atoms with Gasteiger partial charge in [0.25, 0.3) is 0 Å². The van der Waals surface area contributed by atoms with E-state index in [2.05, 4.69) is 21.9 Å². The summed E-state index contributed by atoms with van der Waals surface area (Å²) < 4.78 is 8.28. The van der Waals surface area contributed by atoms with Crippen LogP contribution in [0, 0.1) is 11.3 Å². The molecule has 0 saturated carbocycles. The molecule has 7 heteroatoms. The fourth-order valence-electron chi connectivity index (χ4n) is 2.34. The Balaban J connectivity index is 2.21. The van der Waals surface area contributed by atoms with Crippen molar-refractivity contribution in [2.24, 2.45) is 10.3 Å². The molecule has 0 aromatic heterocycles. The van der Waals surface area contributed by atoms with E-state index in [1.165, 1.54) is 13.2 Å². The quantitative estimate of drug-likeness (QED) is 0.434. The van der Waals surface area contributed by atoms with Gasteiger partial charge in [0.05, 0.1) is 30.0 Å². The maximum absolute atomic E-state index is 11.6. The lowest BCUT2D eigenvalue weighted by Crippen LogP contribution is -2.22. The molecule has 124 valence electrons. The second kappa shape index (κ2) is 7.74. The van der Waals surface area contributed by atoms with E-state index in [9.17, 15) is 14.7 Å². The van der Waals surface area contributed by atoms with Crippen molar-refractivity contribution in [2.45, 2.75) is 6.42 Å². The van der Waals surface area contributed by atoms with Crippen molar-refractivity contribution in [1.82, 2.24) is 0 Å². The molecule has 1 aliphatic rings. The molecule has 1 aliphatic carbocycles. The number of carbonyl (C=O) groups excluding carboxylic acids is 1. The minimum absolute atomic E-state index is 0.120. The number of aliphatic carboxylic acids is 1. The first-order chi connectivity index (χ1) is 11.5. The first kappa shape index (κ1) is 17.7. The molecule has 2 rings (SSSR count). The van der Waals surface area contributed by atoms with Crippen molar-refractivity contribution in [3.8, 4) is 0 Å². The number of nitrogens with one attached hydrogen (secondary N) is 1. The number of carbonyl (C=O) groups is 2. The minimum atomic E-state index is -0.984. The number of hydrogen-bond acceptors (Lipinski definition) is 6. The largest absolute Gasteiger partial charge is 0.481 e. The van der Waals surface area contributed by atoms with Crippen LogP contribution in [0.5, 0.6) is 0 Å². The highest BCUT2D eigenvalue weighted by molar-refractivity contribution is 7.79. The van der Waals surface area contributed by atoms with Gasteiger partial charge in [0.2, 0.25) is 0 Å². The van der Waals surface area contributed by atoms with Crippen LogP contribution < -0.4 is 0 Å². The van der Waals surface area contributed by atoms with Crippen molar-refractivity contribution in [2.75, 3.05) is 7.11 Å². The van der Waals surface area contributed by atoms with Gasteiger partial charge in [-0.3, -0.25) is 10.2 Å². The number of carboxylic acid groups (broad SMARTS) is 1. The highest BCUT2D eigenvalue weighted by atomic mass is 32.1. The molecule has 0 heterocycles. The molecular weight excluding hydrogens is 328 g/mol. The fraction of sp³-hybridized carbons (Fsp3) is 0.176. The van der Waals surface area contributed by atoms with Crippen LogP contribution in [0.25, 0.3) is 0 Å². The van der Waals surface area contributed by atoms with Crippen LogP contribution >= 0.6 is 12.8 Å². The molecule has 0 saturated heterocycles.